The molecule has 82 valence electrons. The first-order valence-corrected chi connectivity index (χ1v) is 4.55. The number of azide groups is 1. The normalized spacial score (nSPS) is 9.06. The molecule has 0 fully saturated rings. The van der Waals surface area contributed by atoms with Gasteiger partial charge >= 0.3 is 0 Å². The van der Waals surface area contributed by atoms with E-state index >= 15 is 0 Å². The molecule has 0 aromatic heterocycles. The Labute approximate surface area is 91.9 Å². The van der Waals surface area contributed by atoms with Crippen LogP contribution < -0.4 is 5.32 Å². The number of nitrogens with zero attached hydrogens (tertiary/aromatic N) is 3. The Balaban J connectivity index is 2.74. The Bertz CT molecular complexity index is 464. The summed E-state index contributed by atoms with van der Waals surface area (Å²) in [7, 11) is 0. The molecule has 0 saturated heterocycles. The summed E-state index contributed by atoms with van der Waals surface area (Å²) >= 11 is 0. The Kier molecular flexibility index (Phi) is 4.06. The second-order valence-corrected chi connectivity index (χ2v) is 3.07. The molecule has 1 aromatic carbocycles. The number of Topliss-reactive ketones (excluding diaryl/α,β-unsaturated/α-hetero) is 1. The van der Waals surface area contributed by atoms with Crippen LogP contribution in [0.3, 0.4) is 0 Å². The largest absolute Gasteiger partial charge is 0.326 e. The van der Waals surface area contributed by atoms with Crippen LogP contribution in [0.2, 0.25) is 0 Å². The quantitative estimate of drug-likeness (QED) is 0.362. The van der Waals surface area contributed by atoms with Gasteiger partial charge in [0.25, 0.3) is 0 Å². The maximum absolute atomic E-state index is 11.2. The fourth-order valence-corrected chi connectivity index (χ4v) is 1.11. The number of hydrogen-bond donors (Lipinski definition) is 1. The zero-order chi connectivity index (χ0) is 12.0. The van der Waals surface area contributed by atoms with E-state index in [1.54, 1.807) is 24.3 Å². The predicted molar refractivity (Wildman–Crippen MR) is 59.1 cm³/mol. The second-order valence-electron chi connectivity index (χ2n) is 3.07. The van der Waals surface area contributed by atoms with E-state index in [9.17, 15) is 9.59 Å². The summed E-state index contributed by atoms with van der Waals surface area (Å²) in [5.74, 6) is -0.496. The highest BCUT2D eigenvalue weighted by Gasteiger charge is 2.03. The topological polar surface area (TPSA) is 94.9 Å². The highest BCUT2D eigenvalue weighted by molar-refractivity contribution is 5.97. The van der Waals surface area contributed by atoms with Crippen LogP contribution in [0.25, 0.3) is 10.4 Å². The van der Waals surface area contributed by atoms with Crippen LogP contribution >= 0.6 is 0 Å². The van der Waals surface area contributed by atoms with Crippen LogP contribution in [0.1, 0.15) is 17.3 Å². The lowest BCUT2D eigenvalue weighted by atomic mass is 10.1. The van der Waals surface area contributed by atoms with Crippen molar-refractivity contribution in [2.45, 2.75) is 6.92 Å². The van der Waals surface area contributed by atoms with Crippen molar-refractivity contribution in [3.8, 4) is 0 Å². The van der Waals surface area contributed by atoms with Crippen molar-refractivity contribution in [3.05, 3.63) is 40.3 Å². The number of benzene rings is 1. The van der Waals surface area contributed by atoms with Crippen molar-refractivity contribution < 1.29 is 9.59 Å². The van der Waals surface area contributed by atoms with E-state index in [2.05, 4.69) is 15.3 Å². The van der Waals surface area contributed by atoms with Crippen LogP contribution in [-0.2, 0) is 4.79 Å². The summed E-state index contributed by atoms with van der Waals surface area (Å²) in [5.41, 5.74) is 9.05. The lowest BCUT2D eigenvalue weighted by Gasteiger charge is -2.04. The number of carbonyl (C=O) groups is 2. The summed E-state index contributed by atoms with van der Waals surface area (Å²) in [4.78, 5) is 24.7. The summed E-state index contributed by atoms with van der Waals surface area (Å²) in [6.45, 7) is 1.18. The number of rotatable bonds is 4. The van der Waals surface area contributed by atoms with Gasteiger partial charge in [0, 0.05) is 16.2 Å². The van der Waals surface area contributed by atoms with Crippen molar-refractivity contribution in [1.82, 2.24) is 0 Å². The first kappa shape index (κ1) is 11.7. The van der Waals surface area contributed by atoms with Gasteiger partial charge in [-0.25, -0.2) is 0 Å². The SMILES string of the molecule is CC(=O)c1cccc(NC(=O)CN=[N+]=[N-])c1. The van der Waals surface area contributed by atoms with Gasteiger partial charge in [0.15, 0.2) is 5.78 Å². The van der Waals surface area contributed by atoms with Crippen LogP contribution in [-0.4, -0.2) is 18.2 Å². The summed E-state index contributed by atoms with van der Waals surface area (Å²) in [6.07, 6.45) is 0. The standard InChI is InChI=1S/C10H10N4O2/c1-7(15)8-3-2-4-9(5-8)13-10(16)6-12-14-11/h2-5H,6H2,1H3,(H,13,16). The maximum Gasteiger partial charge on any atom is 0.230 e. The van der Waals surface area contributed by atoms with E-state index in [-0.39, 0.29) is 12.3 Å². The van der Waals surface area contributed by atoms with Gasteiger partial charge in [-0.05, 0) is 24.6 Å². The Morgan fingerprint density at radius 3 is 2.88 bits per heavy atom. The van der Waals surface area contributed by atoms with Crippen molar-refractivity contribution in [1.29, 1.82) is 0 Å². The molecule has 16 heavy (non-hydrogen) atoms. The van der Waals surface area contributed by atoms with E-state index in [0.717, 1.165) is 0 Å². The fourth-order valence-electron chi connectivity index (χ4n) is 1.11. The molecule has 0 atom stereocenters. The molecule has 0 bridgehead atoms. The van der Waals surface area contributed by atoms with Crippen molar-refractivity contribution in [3.63, 3.8) is 0 Å². The summed E-state index contributed by atoms with van der Waals surface area (Å²) in [6, 6.07) is 6.54. The minimum atomic E-state index is -0.418. The molecule has 0 unspecified atom stereocenters. The molecular weight excluding hydrogens is 208 g/mol. The first-order chi connectivity index (χ1) is 7.63. The lowest BCUT2D eigenvalue weighted by Crippen LogP contribution is -2.14. The smallest absolute Gasteiger partial charge is 0.230 e. The molecule has 1 aromatic rings. The summed E-state index contributed by atoms with van der Waals surface area (Å²) in [5, 5.41) is 5.64. The fraction of sp³-hybridized carbons (Fsp3) is 0.200. The molecule has 0 saturated carbocycles. The van der Waals surface area contributed by atoms with Gasteiger partial charge in [0.05, 0.1) is 0 Å². The molecule has 0 radical (unpaired) electrons. The highest BCUT2D eigenvalue weighted by atomic mass is 16.2. The van der Waals surface area contributed by atoms with Crippen molar-refractivity contribution in [2.24, 2.45) is 5.11 Å². The minimum absolute atomic E-state index is 0.0776. The van der Waals surface area contributed by atoms with Crippen molar-refractivity contribution >= 4 is 17.4 Å². The van der Waals surface area contributed by atoms with E-state index in [4.69, 9.17) is 5.53 Å². The van der Waals surface area contributed by atoms with Crippen LogP contribution in [0, 0.1) is 0 Å². The van der Waals surface area contributed by atoms with E-state index in [1.165, 1.54) is 6.92 Å². The number of amides is 1. The first-order valence-electron chi connectivity index (χ1n) is 4.55. The van der Waals surface area contributed by atoms with E-state index in [1.807, 2.05) is 0 Å². The van der Waals surface area contributed by atoms with Gasteiger partial charge in [-0.1, -0.05) is 17.2 Å². The highest BCUT2D eigenvalue weighted by Crippen LogP contribution is 2.10. The molecule has 6 heteroatoms. The molecule has 1 N–H and O–H groups in total. The van der Waals surface area contributed by atoms with Crippen LogP contribution in [0.15, 0.2) is 29.4 Å². The Morgan fingerprint density at radius 2 is 2.25 bits per heavy atom. The zero-order valence-corrected chi connectivity index (χ0v) is 8.67. The van der Waals surface area contributed by atoms with Crippen molar-refractivity contribution in [2.75, 3.05) is 11.9 Å². The zero-order valence-electron chi connectivity index (χ0n) is 8.67. The average molecular weight is 218 g/mol. The molecule has 0 aliphatic rings. The molecule has 0 aliphatic carbocycles. The average Bonchev–Trinajstić information content (AvgIpc) is 2.26. The third-order valence-electron chi connectivity index (χ3n) is 1.83. The van der Waals surface area contributed by atoms with Gasteiger partial charge < -0.3 is 5.32 Å². The van der Waals surface area contributed by atoms with E-state index < -0.39 is 5.91 Å². The molecule has 0 aliphatic heterocycles. The number of ketones is 1. The predicted octanol–water partition coefficient (Wildman–Crippen LogP) is 2.14. The Hall–Kier alpha value is -2.33. The molecule has 6 nitrogen and oxygen atoms in total. The van der Waals surface area contributed by atoms with Crippen LogP contribution in [0.4, 0.5) is 5.69 Å². The maximum atomic E-state index is 11.2. The molecular formula is C10H10N4O2. The number of hydrogen-bond acceptors (Lipinski definition) is 3. The lowest BCUT2D eigenvalue weighted by molar-refractivity contribution is -0.114. The Morgan fingerprint density at radius 1 is 1.50 bits per heavy atom. The molecule has 0 spiro atoms. The van der Waals surface area contributed by atoms with Crippen LogP contribution in [0.5, 0.6) is 0 Å². The second kappa shape index (κ2) is 5.53. The third kappa shape index (κ3) is 3.43. The molecule has 1 rings (SSSR count). The minimum Gasteiger partial charge on any atom is -0.326 e. The monoisotopic (exact) mass is 218 g/mol. The van der Waals surface area contributed by atoms with E-state index in [0.29, 0.717) is 11.3 Å². The van der Waals surface area contributed by atoms with Gasteiger partial charge in [-0.2, -0.15) is 0 Å². The van der Waals surface area contributed by atoms with Gasteiger partial charge in [0.1, 0.15) is 6.54 Å². The molecule has 0 heterocycles. The number of nitrogens with one attached hydrogen (secondary N) is 1. The number of anilines is 1. The van der Waals surface area contributed by atoms with Gasteiger partial charge in [0.2, 0.25) is 5.91 Å². The third-order valence-corrected chi connectivity index (χ3v) is 1.83. The number of carbonyl (C=O) groups excluding carboxylic acids is 2. The van der Waals surface area contributed by atoms with Gasteiger partial charge in [-0.3, -0.25) is 9.59 Å². The van der Waals surface area contributed by atoms with Gasteiger partial charge in [-0.15, -0.1) is 0 Å². The summed E-state index contributed by atoms with van der Waals surface area (Å²) < 4.78 is 0. The molecule has 1 amide bonds.